The number of hydrogen-bond acceptors (Lipinski definition) is 4. The lowest BCUT2D eigenvalue weighted by Gasteiger charge is -2.23. The number of rotatable bonds is 8. The summed E-state index contributed by atoms with van der Waals surface area (Å²) in [6.45, 7) is 2.93. The van der Waals surface area contributed by atoms with Gasteiger partial charge in [0.1, 0.15) is 16.0 Å². The van der Waals surface area contributed by atoms with Crippen LogP contribution in [0.4, 0.5) is 0 Å². The third-order valence-electron chi connectivity index (χ3n) is 3.33. The van der Waals surface area contributed by atoms with Crippen LogP contribution in [0.15, 0.2) is 16.6 Å². The van der Waals surface area contributed by atoms with Crippen LogP contribution in [-0.4, -0.2) is 35.0 Å². The molecule has 0 amide bonds. The van der Waals surface area contributed by atoms with Gasteiger partial charge in [0.25, 0.3) is 0 Å². The molecule has 1 N–H and O–H groups in total. The molecule has 0 aliphatic heterocycles. The van der Waals surface area contributed by atoms with Crippen molar-refractivity contribution in [2.24, 2.45) is 5.92 Å². The van der Waals surface area contributed by atoms with Gasteiger partial charge in [0.2, 0.25) is 0 Å². The van der Waals surface area contributed by atoms with E-state index >= 15 is 0 Å². The highest BCUT2D eigenvalue weighted by atomic mass is 79.9. The first-order valence-corrected chi connectivity index (χ1v) is 7.44. The van der Waals surface area contributed by atoms with Gasteiger partial charge in [0.05, 0.1) is 14.2 Å². The molecule has 20 heavy (non-hydrogen) atoms. The van der Waals surface area contributed by atoms with Gasteiger partial charge in [-0.15, -0.1) is 0 Å². The van der Waals surface area contributed by atoms with Crippen LogP contribution in [0.3, 0.4) is 0 Å². The molecule has 0 aliphatic carbocycles. The average Bonchev–Trinajstić information content (AvgIpc) is 2.44. The second-order valence-corrected chi connectivity index (χ2v) is 5.63. The fourth-order valence-corrected chi connectivity index (χ4v) is 3.03. The summed E-state index contributed by atoms with van der Waals surface area (Å²) < 4.78 is 16.9. The lowest BCUT2D eigenvalue weighted by Crippen LogP contribution is -2.21. The molecule has 0 radical (unpaired) electrons. The van der Waals surface area contributed by atoms with Crippen molar-refractivity contribution >= 4 is 15.9 Å². The first kappa shape index (κ1) is 17.3. The monoisotopic (exact) mass is 345 g/mol. The third-order valence-corrected chi connectivity index (χ3v) is 4.08. The third kappa shape index (κ3) is 4.11. The van der Waals surface area contributed by atoms with E-state index in [1.807, 2.05) is 19.2 Å². The topological polar surface area (TPSA) is 39.7 Å². The molecular formula is C15H24BrNO3. The maximum absolute atomic E-state index is 5.54. The normalized spacial score (nSPS) is 13.9. The maximum atomic E-state index is 5.54. The van der Waals surface area contributed by atoms with E-state index in [-0.39, 0.29) is 6.04 Å². The summed E-state index contributed by atoms with van der Waals surface area (Å²) in [5.74, 6) is 2.04. The van der Waals surface area contributed by atoms with Crippen molar-refractivity contribution < 1.29 is 14.2 Å². The second kappa shape index (κ2) is 8.49. The van der Waals surface area contributed by atoms with E-state index in [2.05, 4.69) is 28.2 Å². The molecule has 2 unspecified atom stereocenters. The standard InChI is InChI=1S/C15H24BrNO3/c1-10(9-18-3)8-12(17-2)11-6-7-13(19-4)14(16)15(11)20-5/h6-7,10,12,17H,8-9H2,1-5H3. The Morgan fingerprint density at radius 2 is 1.90 bits per heavy atom. The van der Waals surface area contributed by atoms with Crippen LogP contribution in [0.25, 0.3) is 0 Å². The van der Waals surface area contributed by atoms with Gasteiger partial charge in [0.15, 0.2) is 0 Å². The summed E-state index contributed by atoms with van der Waals surface area (Å²) >= 11 is 3.54. The Morgan fingerprint density at radius 3 is 2.40 bits per heavy atom. The first-order valence-electron chi connectivity index (χ1n) is 6.65. The van der Waals surface area contributed by atoms with E-state index in [9.17, 15) is 0 Å². The Morgan fingerprint density at radius 1 is 1.20 bits per heavy atom. The van der Waals surface area contributed by atoms with Crippen LogP contribution >= 0.6 is 15.9 Å². The zero-order valence-electron chi connectivity index (χ0n) is 12.8. The number of ether oxygens (including phenoxy) is 3. The Labute approximate surface area is 129 Å². The lowest BCUT2D eigenvalue weighted by molar-refractivity contribution is 0.149. The van der Waals surface area contributed by atoms with Gasteiger partial charge in [-0.1, -0.05) is 6.92 Å². The van der Waals surface area contributed by atoms with Crippen molar-refractivity contribution in [1.29, 1.82) is 0 Å². The van der Waals surface area contributed by atoms with Crippen molar-refractivity contribution in [3.63, 3.8) is 0 Å². The fourth-order valence-electron chi connectivity index (χ4n) is 2.35. The molecule has 0 bridgehead atoms. The number of methoxy groups -OCH3 is 3. The van der Waals surface area contributed by atoms with Crippen LogP contribution < -0.4 is 14.8 Å². The first-order chi connectivity index (χ1) is 9.58. The summed E-state index contributed by atoms with van der Waals surface area (Å²) in [5.41, 5.74) is 1.12. The molecule has 1 aromatic rings. The maximum Gasteiger partial charge on any atom is 0.141 e. The molecule has 2 atom stereocenters. The van der Waals surface area contributed by atoms with Crippen LogP contribution in [0.1, 0.15) is 24.9 Å². The lowest BCUT2D eigenvalue weighted by atomic mass is 9.95. The summed E-state index contributed by atoms with van der Waals surface area (Å²) in [5, 5.41) is 3.35. The van der Waals surface area contributed by atoms with Crippen molar-refractivity contribution in [2.75, 3.05) is 35.0 Å². The second-order valence-electron chi connectivity index (χ2n) is 4.84. The Kier molecular flexibility index (Phi) is 7.34. The van der Waals surface area contributed by atoms with Crippen LogP contribution in [-0.2, 0) is 4.74 Å². The largest absolute Gasteiger partial charge is 0.495 e. The van der Waals surface area contributed by atoms with E-state index in [0.717, 1.165) is 34.6 Å². The minimum absolute atomic E-state index is 0.206. The number of benzene rings is 1. The van der Waals surface area contributed by atoms with Gasteiger partial charge in [0, 0.05) is 25.3 Å². The van der Waals surface area contributed by atoms with E-state index in [4.69, 9.17) is 14.2 Å². The molecule has 114 valence electrons. The molecule has 0 heterocycles. The summed E-state index contributed by atoms with van der Waals surface area (Å²) in [6.07, 6.45) is 0.972. The van der Waals surface area contributed by atoms with E-state index in [0.29, 0.717) is 5.92 Å². The molecular weight excluding hydrogens is 322 g/mol. The smallest absolute Gasteiger partial charge is 0.141 e. The van der Waals surface area contributed by atoms with E-state index in [1.165, 1.54) is 0 Å². The predicted octanol–water partition coefficient (Wildman–Crippen LogP) is 3.40. The molecule has 0 fully saturated rings. The van der Waals surface area contributed by atoms with Crippen LogP contribution in [0, 0.1) is 5.92 Å². The van der Waals surface area contributed by atoms with Gasteiger partial charge < -0.3 is 19.5 Å². The molecule has 1 rings (SSSR count). The highest BCUT2D eigenvalue weighted by molar-refractivity contribution is 9.10. The minimum Gasteiger partial charge on any atom is -0.495 e. The molecule has 0 saturated heterocycles. The SMILES string of the molecule is CNC(CC(C)COC)c1ccc(OC)c(Br)c1OC. The zero-order chi connectivity index (χ0) is 15.1. The Hall–Kier alpha value is -0.780. The van der Waals surface area contributed by atoms with Crippen LogP contribution in [0.5, 0.6) is 11.5 Å². The molecule has 4 nitrogen and oxygen atoms in total. The van der Waals surface area contributed by atoms with Gasteiger partial charge in [-0.3, -0.25) is 0 Å². The molecule has 0 aliphatic rings. The summed E-state index contributed by atoms with van der Waals surface area (Å²) in [7, 11) is 7.01. The predicted molar refractivity (Wildman–Crippen MR) is 84.7 cm³/mol. The molecule has 5 heteroatoms. The number of halogens is 1. The molecule has 0 aromatic heterocycles. The van der Waals surface area contributed by atoms with Crippen LogP contribution in [0.2, 0.25) is 0 Å². The van der Waals surface area contributed by atoms with Crippen molar-refractivity contribution in [3.8, 4) is 11.5 Å². The van der Waals surface area contributed by atoms with Gasteiger partial charge >= 0.3 is 0 Å². The van der Waals surface area contributed by atoms with Gasteiger partial charge in [-0.05, 0) is 47.4 Å². The van der Waals surface area contributed by atoms with E-state index in [1.54, 1.807) is 21.3 Å². The average molecular weight is 346 g/mol. The number of nitrogens with one attached hydrogen (secondary N) is 1. The molecule has 1 aromatic carbocycles. The highest BCUT2D eigenvalue weighted by Gasteiger charge is 2.21. The zero-order valence-corrected chi connectivity index (χ0v) is 14.4. The minimum atomic E-state index is 0.206. The molecule has 0 saturated carbocycles. The van der Waals surface area contributed by atoms with Crippen molar-refractivity contribution in [2.45, 2.75) is 19.4 Å². The fraction of sp³-hybridized carbons (Fsp3) is 0.600. The Bertz CT molecular complexity index is 426. The van der Waals surface area contributed by atoms with Gasteiger partial charge in [-0.2, -0.15) is 0 Å². The summed E-state index contributed by atoms with van der Waals surface area (Å²) in [4.78, 5) is 0. The van der Waals surface area contributed by atoms with Crippen molar-refractivity contribution in [1.82, 2.24) is 5.32 Å². The highest BCUT2D eigenvalue weighted by Crippen LogP contribution is 2.40. The van der Waals surface area contributed by atoms with Gasteiger partial charge in [-0.25, -0.2) is 0 Å². The Balaban J connectivity index is 3.05. The quantitative estimate of drug-likeness (QED) is 0.783. The number of hydrogen-bond donors (Lipinski definition) is 1. The van der Waals surface area contributed by atoms with Crippen molar-refractivity contribution in [3.05, 3.63) is 22.2 Å². The molecule has 0 spiro atoms. The van der Waals surface area contributed by atoms with E-state index < -0.39 is 0 Å². The summed E-state index contributed by atoms with van der Waals surface area (Å²) in [6, 6.07) is 4.20.